The predicted molar refractivity (Wildman–Crippen MR) is 83.7 cm³/mol. The van der Waals surface area contributed by atoms with Crippen LogP contribution in [0.15, 0.2) is 60.8 Å². The van der Waals surface area contributed by atoms with Crippen LogP contribution in [0.1, 0.15) is 21.6 Å². The van der Waals surface area contributed by atoms with Crippen LogP contribution >= 0.6 is 0 Å². The molecule has 2 aromatic carbocycles. The summed E-state index contributed by atoms with van der Waals surface area (Å²) in [5.74, 6) is -0.107. The number of nitrogens with one attached hydrogen (secondary N) is 1. The largest absolute Gasteiger partial charge is 0.346 e. The maximum absolute atomic E-state index is 12.2. The fourth-order valence-electron chi connectivity index (χ4n) is 2.22. The van der Waals surface area contributed by atoms with Crippen LogP contribution in [0.4, 0.5) is 0 Å². The molecule has 0 aliphatic heterocycles. The van der Waals surface area contributed by atoms with Crippen molar-refractivity contribution in [3.05, 3.63) is 77.6 Å². The van der Waals surface area contributed by atoms with Gasteiger partial charge in [-0.1, -0.05) is 41.1 Å². The van der Waals surface area contributed by atoms with Crippen molar-refractivity contribution in [3.8, 4) is 5.69 Å². The van der Waals surface area contributed by atoms with Gasteiger partial charge in [0, 0.05) is 5.56 Å². The number of benzene rings is 2. The Morgan fingerprint density at radius 1 is 1.14 bits per heavy atom. The van der Waals surface area contributed by atoms with Gasteiger partial charge in [0.05, 0.1) is 24.1 Å². The quantitative estimate of drug-likeness (QED) is 0.803. The van der Waals surface area contributed by atoms with E-state index in [9.17, 15) is 4.79 Å². The SMILES string of the molecule is Cc1cccc(C(=O)NCc2cnnn2-c2ccccc2)c1. The van der Waals surface area contributed by atoms with Crippen molar-refractivity contribution in [1.29, 1.82) is 0 Å². The van der Waals surface area contributed by atoms with Crippen LogP contribution in [0.25, 0.3) is 5.69 Å². The fourth-order valence-corrected chi connectivity index (χ4v) is 2.22. The van der Waals surface area contributed by atoms with Crippen LogP contribution in [-0.4, -0.2) is 20.9 Å². The number of carbonyl (C=O) groups is 1. The van der Waals surface area contributed by atoms with E-state index in [-0.39, 0.29) is 5.91 Å². The molecule has 0 atom stereocenters. The lowest BCUT2D eigenvalue weighted by Crippen LogP contribution is -2.24. The summed E-state index contributed by atoms with van der Waals surface area (Å²) >= 11 is 0. The Bertz CT molecular complexity index is 780. The number of aromatic nitrogens is 3. The van der Waals surface area contributed by atoms with Gasteiger partial charge in [0.1, 0.15) is 0 Å². The number of rotatable bonds is 4. The monoisotopic (exact) mass is 292 g/mol. The maximum atomic E-state index is 12.2. The second-order valence-electron chi connectivity index (χ2n) is 5.02. The second kappa shape index (κ2) is 6.22. The molecule has 5 nitrogen and oxygen atoms in total. The molecule has 3 aromatic rings. The van der Waals surface area contributed by atoms with Crippen LogP contribution in [-0.2, 0) is 6.54 Å². The minimum absolute atomic E-state index is 0.107. The van der Waals surface area contributed by atoms with Crippen molar-refractivity contribution in [2.45, 2.75) is 13.5 Å². The van der Waals surface area contributed by atoms with Crippen molar-refractivity contribution >= 4 is 5.91 Å². The lowest BCUT2D eigenvalue weighted by molar-refractivity contribution is 0.0950. The van der Waals surface area contributed by atoms with E-state index in [2.05, 4.69) is 15.6 Å². The lowest BCUT2D eigenvalue weighted by Gasteiger charge is -2.08. The molecule has 1 amide bonds. The first-order valence-electron chi connectivity index (χ1n) is 7.04. The molecule has 1 heterocycles. The highest BCUT2D eigenvalue weighted by Gasteiger charge is 2.09. The molecule has 110 valence electrons. The normalized spacial score (nSPS) is 10.4. The van der Waals surface area contributed by atoms with Crippen LogP contribution in [0, 0.1) is 6.92 Å². The summed E-state index contributed by atoms with van der Waals surface area (Å²) < 4.78 is 1.72. The summed E-state index contributed by atoms with van der Waals surface area (Å²) in [6, 6.07) is 17.2. The van der Waals surface area contributed by atoms with Crippen molar-refractivity contribution in [2.24, 2.45) is 0 Å². The van der Waals surface area contributed by atoms with Crippen LogP contribution in [0.3, 0.4) is 0 Å². The Morgan fingerprint density at radius 2 is 1.95 bits per heavy atom. The highest BCUT2D eigenvalue weighted by molar-refractivity contribution is 5.94. The number of carbonyl (C=O) groups excluding carboxylic acids is 1. The minimum atomic E-state index is -0.107. The van der Waals surface area contributed by atoms with Gasteiger partial charge in [0.25, 0.3) is 5.91 Å². The van der Waals surface area contributed by atoms with Gasteiger partial charge in [-0.3, -0.25) is 4.79 Å². The Hall–Kier alpha value is -2.95. The molecule has 0 unspecified atom stereocenters. The average Bonchev–Trinajstić information content (AvgIpc) is 3.02. The van der Waals surface area contributed by atoms with E-state index in [0.29, 0.717) is 12.1 Å². The molecule has 1 aromatic heterocycles. The summed E-state index contributed by atoms with van der Waals surface area (Å²) in [6.07, 6.45) is 1.66. The first-order chi connectivity index (χ1) is 10.7. The van der Waals surface area contributed by atoms with Gasteiger partial charge in [-0.15, -0.1) is 5.10 Å². The summed E-state index contributed by atoms with van der Waals surface area (Å²) in [5.41, 5.74) is 3.45. The molecular formula is C17H16N4O. The second-order valence-corrected chi connectivity index (χ2v) is 5.02. The average molecular weight is 292 g/mol. The van der Waals surface area contributed by atoms with E-state index in [1.807, 2.05) is 55.5 Å². The zero-order valence-corrected chi connectivity index (χ0v) is 12.2. The van der Waals surface area contributed by atoms with Crippen molar-refractivity contribution in [2.75, 3.05) is 0 Å². The topological polar surface area (TPSA) is 59.8 Å². The van der Waals surface area contributed by atoms with Crippen molar-refractivity contribution in [3.63, 3.8) is 0 Å². The molecule has 1 N–H and O–H groups in total. The third-order valence-corrected chi connectivity index (χ3v) is 3.33. The summed E-state index contributed by atoms with van der Waals surface area (Å²) in [5, 5.41) is 10.9. The molecule has 0 aliphatic carbocycles. The van der Waals surface area contributed by atoms with Crippen LogP contribution in [0.5, 0.6) is 0 Å². The third-order valence-electron chi connectivity index (χ3n) is 3.33. The van der Waals surface area contributed by atoms with Gasteiger partial charge in [-0.25, -0.2) is 4.68 Å². The number of para-hydroxylation sites is 1. The molecule has 0 fully saturated rings. The van der Waals surface area contributed by atoms with E-state index >= 15 is 0 Å². The molecule has 0 aliphatic rings. The zero-order valence-electron chi connectivity index (χ0n) is 12.2. The fraction of sp³-hybridized carbons (Fsp3) is 0.118. The number of nitrogens with zero attached hydrogens (tertiary/aromatic N) is 3. The predicted octanol–water partition coefficient (Wildman–Crippen LogP) is 2.51. The number of amides is 1. The van der Waals surface area contributed by atoms with Crippen molar-refractivity contribution in [1.82, 2.24) is 20.3 Å². The van der Waals surface area contributed by atoms with E-state index in [0.717, 1.165) is 16.9 Å². The Labute approximate surface area is 128 Å². The van der Waals surface area contributed by atoms with Gasteiger partial charge >= 0.3 is 0 Å². The molecule has 0 saturated carbocycles. The van der Waals surface area contributed by atoms with Gasteiger partial charge in [0.2, 0.25) is 0 Å². The number of hydrogen-bond donors (Lipinski definition) is 1. The molecular weight excluding hydrogens is 276 g/mol. The minimum Gasteiger partial charge on any atom is -0.346 e. The van der Waals surface area contributed by atoms with E-state index in [1.54, 1.807) is 16.9 Å². The summed E-state index contributed by atoms with van der Waals surface area (Å²) in [4.78, 5) is 12.2. The molecule has 22 heavy (non-hydrogen) atoms. The number of hydrogen-bond acceptors (Lipinski definition) is 3. The van der Waals surface area contributed by atoms with Crippen molar-refractivity contribution < 1.29 is 4.79 Å². The first kappa shape index (κ1) is 14.0. The van der Waals surface area contributed by atoms with Gasteiger partial charge in [-0.05, 0) is 31.2 Å². The third kappa shape index (κ3) is 3.03. The van der Waals surface area contributed by atoms with Gasteiger partial charge in [0.15, 0.2) is 0 Å². The lowest BCUT2D eigenvalue weighted by atomic mass is 10.1. The smallest absolute Gasteiger partial charge is 0.251 e. The van der Waals surface area contributed by atoms with Gasteiger partial charge in [-0.2, -0.15) is 0 Å². The van der Waals surface area contributed by atoms with Crippen LogP contribution < -0.4 is 5.32 Å². The summed E-state index contributed by atoms with van der Waals surface area (Å²) in [7, 11) is 0. The standard InChI is InChI=1S/C17H16N4O/c1-13-6-5-7-14(10-13)17(22)18-11-16-12-19-20-21(16)15-8-3-2-4-9-15/h2-10,12H,11H2,1H3,(H,18,22). The molecule has 0 spiro atoms. The van der Waals surface area contributed by atoms with Crippen LogP contribution in [0.2, 0.25) is 0 Å². The summed E-state index contributed by atoms with van der Waals surface area (Å²) in [6.45, 7) is 2.33. The highest BCUT2D eigenvalue weighted by atomic mass is 16.1. The Balaban J connectivity index is 1.73. The zero-order chi connectivity index (χ0) is 15.4. The molecule has 5 heteroatoms. The maximum Gasteiger partial charge on any atom is 0.251 e. The highest BCUT2D eigenvalue weighted by Crippen LogP contribution is 2.09. The Kier molecular flexibility index (Phi) is 3.96. The number of aryl methyl sites for hydroxylation is 1. The molecule has 3 rings (SSSR count). The van der Waals surface area contributed by atoms with E-state index in [1.165, 1.54) is 0 Å². The van der Waals surface area contributed by atoms with E-state index in [4.69, 9.17) is 0 Å². The molecule has 0 saturated heterocycles. The molecule has 0 radical (unpaired) electrons. The Morgan fingerprint density at radius 3 is 2.73 bits per heavy atom. The first-order valence-corrected chi connectivity index (χ1v) is 7.04. The van der Waals surface area contributed by atoms with E-state index < -0.39 is 0 Å². The van der Waals surface area contributed by atoms with Gasteiger partial charge < -0.3 is 5.32 Å². The molecule has 0 bridgehead atoms.